The first-order chi connectivity index (χ1) is 10.1. The highest BCUT2D eigenvalue weighted by atomic mass is 35.5. The largest absolute Gasteiger partial charge is 0.291 e. The second-order valence-corrected chi connectivity index (χ2v) is 5.09. The van der Waals surface area contributed by atoms with Gasteiger partial charge in [-0.05, 0) is 31.0 Å². The van der Waals surface area contributed by atoms with Crippen LogP contribution in [0.4, 0.5) is 5.95 Å². The molecular weight excluding hydrogens is 288 g/mol. The standard InChI is InChI=1S/C15H17ClN4O/c1-3-4-13-9-14(21)18-15(17-13)20-19-10(2)11-5-7-12(16)8-6-11/h5-9H,3-4H2,1-2H3,(H2,17,18,20,21)/b19-10-. The van der Waals surface area contributed by atoms with Crippen molar-refractivity contribution in [2.75, 3.05) is 5.43 Å². The zero-order chi connectivity index (χ0) is 15.2. The summed E-state index contributed by atoms with van der Waals surface area (Å²) in [6.07, 6.45) is 1.70. The van der Waals surface area contributed by atoms with Crippen LogP contribution in [-0.2, 0) is 6.42 Å². The molecule has 1 aromatic carbocycles. The molecule has 1 heterocycles. The van der Waals surface area contributed by atoms with E-state index in [9.17, 15) is 4.79 Å². The minimum absolute atomic E-state index is 0.185. The van der Waals surface area contributed by atoms with Crippen LogP contribution in [0.15, 0.2) is 40.2 Å². The summed E-state index contributed by atoms with van der Waals surface area (Å²) < 4.78 is 0. The van der Waals surface area contributed by atoms with E-state index in [0.717, 1.165) is 29.8 Å². The lowest BCUT2D eigenvalue weighted by Gasteiger charge is -2.04. The van der Waals surface area contributed by atoms with Gasteiger partial charge < -0.3 is 0 Å². The molecule has 2 N–H and O–H groups in total. The zero-order valence-electron chi connectivity index (χ0n) is 12.0. The van der Waals surface area contributed by atoms with Crippen molar-refractivity contribution in [2.24, 2.45) is 5.10 Å². The van der Waals surface area contributed by atoms with Crippen LogP contribution in [0.3, 0.4) is 0 Å². The minimum Gasteiger partial charge on any atom is -0.291 e. The molecule has 0 amide bonds. The number of halogens is 1. The molecule has 0 spiro atoms. The Hall–Kier alpha value is -2.14. The number of aromatic amines is 1. The van der Waals surface area contributed by atoms with Crippen LogP contribution in [0.25, 0.3) is 0 Å². The minimum atomic E-state index is -0.185. The average molecular weight is 305 g/mol. The Labute approximate surface area is 128 Å². The molecule has 0 fully saturated rings. The summed E-state index contributed by atoms with van der Waals surface area (Å²) in [7, 11) is 0. The number of nitrogens with one attached hydrogen (secondary N) is 2. The summed E-state index contributed by atoms with van der Waals surface area (Å²) in [6, 6.07) is 8.87. The van der Waals surface area contributed by atoms with E-state index in [-0.39, 0.29) is 5.56 Å². The Kier molecular flexibility index (Phi) is 5.11. The van der Waals surface area contributed by atoms with Gasteiger partial charge in [0.25, 0.3) is 5.56 Å². The highest BCUT2D eigenvalue weighted by Crippen LogP contribution is 2.10. The third kappa shape index (κ3) is 4.43. The average Bonchev–Trinajstić information content (AvgIpc) is 2.45. The molecule has 0 aliphatic heterocycles. The van der Waals surface area contributed by atoms with Gasteiger partial charge >= 0.3 is 0 Å². The summed E-state index contributed by atoms with van der Waals surface area (Å²) in [5.74, 6) is 0.347. The molecular formula is C15H17ClN4O. The second-order valence-electron chi connectivity index (χ2n) is 4.65. The monoisotopic (exact) mass is 304 g/mol. The molecule has 0 saturated heterocycles. The lowest BCUT2D eigenvalue weighted by Crippen LogP contribution is -2.12. The Morgan fingerprint density at radius 2 is 2.10 bits per heavy atom. The highest BCUT2D eigenvalue weighted by Gasteiger charge is 2.01. The predicted octanol–water partition coefficient (Wildman–Crippen LogP) is 3.21. The molecule has 0 atom stereocenters. The summed E-state index contributed by atoms with van der Waals surface area (Å²) in [4.78, 5) is 18.5. The fraction of sp³-hybridized carbons (Fsp3) is 0.267. The molecule has 0 aliphatic carbocycles. The van der Waals surface area contributed by atoms with Crippen LogP contribution >= 0.6 is 11.6 Å². The van der Waals surface area contributed by atoms with Gasteiger partial charge in [-0.2, -0.15) is 5.10 Å². The number of aryl methyl sites for hydroxylation is 1. The molecule has 0 saturated carbocycles. The van der Waals surface area contributed by atoms with Crippen molar-refractivity contribution in [3.8, 4) is 0 Å². The quantitative estimate of drug-likeness (QED) is 0.658. The van der Waals surface area contributed by atoms with Crippen LogP contribution in [-0.4, -0.2) is 15.7 Å². The van der Waals surface area contributed by atoms with Gasteiger partial charge in [0.1, 0.15) is 0 Å². The SMILES string of the molecule is CCCc1cc(=O)[nH]c(N/N=C(/C)c2ccc(Cl)cc2)n1. The van der Waals surface area contributed by atoms with Crippen LogP contribution in [0.1, 0.15) is 31.5 Å². The van der Waals surface area contributed by atoms with Crippen molar-refractivity contribution in [2.45, 2.75) is 26.7 Å². The van der Waals surface area contributed by atoms with Gasteiger partial charge in [0.15, 0.2) is 0 Å². The van der Waals surface area contributed by atoms with Crippen LogP contribution in [0.2, 0.25) is 5.02 Å². The first kappa shape index (κ1) is 15.3. The lowest BCUT2D eigenvalue weighted by molar-refractivity contribution is 0.867. The first-order valence-electron chi connectivity index (χ1n) is 6.75. The molecule has 0 bridgehead atoms. The zero-order valence-corrected chi connectivity index (χ0v) is 12.7. The van der Waals surface area contributed by atoms with E-state index in [2.05, 4.69) is 20.5 Å². The topological polar surface area (TPSA) is 70.1 Å². The van der Waals surface area contributed by atoms with Crippen LogP contribution in [0, 0.1) is 0 Å². The van der Waals surface area contributed by atoms with Crippen molar-refractivity contribution in [3.63, 3.8) is 0 Å². The molecule has 2 rings (SSSR count). The van der Waals surface area contributed by atoms with E-state index in [4.69, 9.17) is 11.6 Å². The van der Waals surface area contributed by atoms with Crippen molar-refractivity contribution in [1.82, 2.24) is 9.97 Å². The normalized spacial score (nSPS) is 11.5. The number of nitrogens with zero attached hydrogens (tertiary/aromatic N) is 2. The maximum atomic E-state index is 11.5. The predicted molar refractivity (Wildman–Crippen MR) is 86.1 cm³/mol. The summed E-state index contributed by atoms with van der Waals surface area (Å²) in [5, 5.41) is 4.91. The number of anilines is 1. The second kappa shape index (κ2) is 7.04. The molecule has 5 nitrogen and oxygen atoms in total. The summed E-state index contributed by atoms with van der Waals surface area (Å²) in [6.45, 7) is 3.91. The summed E-state index contributed by atoms with van der Waals surface area (Å²) in [5.41, 5.74) is 5.07. The fourth-order valence-corrected chi connectivity index (χ4v) is 1.96. The van der Waals surface area contributed by atoms with E-state index in [1.54, 1.807) is 12.1 Å². The molecule has 6 heteroatoms. The maximum absolute atomic E-state index is 11.5. The van der Waals surface area contributed by atoms with E-state index < -0.39 is 0 Å². The van der Waals surface area contributed by atoms with Gasteiger partial charge in [0.2, 0.25) is 5.95 Å². The van der Waals surface area contributed by atoms with E-state index >= 15 is 0 Å². The number of benzene rings is 1. The number of hydrazone groups is 1. The molecule has 0 aliphatic rings. The number of aromatic nitrogens is 2. The lowest BCUT2D eigenvalue weighted by atomic mass is 10.1. The molecule has 0 unspecified atom stereocenters. The highest BCUT2D eigenvalue weighted by molar-refractivity contribution is 6.30. The van der Waals surface area contributed by atoms with E-state index in [0.29, 0.717) is 11.0 Å². The molecule has 0 radical (unpaired) electrons. The van der Waals surface area contributed by atoms with Gasteiger partial charge in [-0.15, -0.1) is 0 Å². The van der Waals surface area contributed by atoms with Gasteiger partial charge in [0.05, 0.1) is 5.71 Å². The van der Waals surface area contributed by atoms with Crippen molar-refractivity contribution in [1.29, 1.82) is 0 Å². The van der Waals surface area contributed by atoms with Gasteiger partial charge in [-0.3, -0.25) is 9.78 Å². The Morgan fingerprint density at radius 3 is 2.76 bits per heavy atom. The number of hydrogen-bond acceptors (Lipinski definition) is 4. The van der Waals surface area contributed by atoms with Crippen molar-refractivity contribution < 1.29 is 0 Å². The number of hydrogen-bond donors (Lipinski definition) is 2. The fourth-order valence-electron chi connectivity index (χ4n) is 1.84. The Balaban J connectivity index is 2.16. The molecule has 2 aromatic rings. The summed E-state index contributed by atoms with van der Waals surface area (Å²) >= 11 is 5.85. The van der Waals surface area contributed by atoms with E-state index in [1.165, 1.54) is 6.07 Å². The third-order valence-electron chi connectivity index (χ3n) is 2.89. The van der Waals surface area contributed by atoms with E-state index in [1.807, 2.05) is 26.0 Å². The van der Waals surface area contributed by atoms with Crippen LogP contribution < -0.4 is 11.0 Å². The Morgan fingerprint density at radius 1 is 1.38 bits per heavy atom. The molecule has 1 aromatic heterocycles. The first-order valence-corrected chi connectivity index (χ1v) is 7.12. The van der Waals surface area contributed by atoms with Gasteiger partial charge in [-0.25, -0.2) is 10.4 Å². The smallest absolute Gasteiger partial charge is 0.252 e. The number of rotatable bonds is 5. The third-order valence-corrected chi connectivity index (χ3v) is 3.14. The van der Waals surface area contributed by atoms with Gasteiger partial charge in [0, 0.05) is 16.8 Å². The maximum Gasteiger partial charge on any atom is 0.252 e. The van der Waals surface area contributed by atoms with Crippen LogP contribution in [0.5, 0.6) is 0 Å². The molecule has 110 valence electrons. The number of H-pyrrole nitrogens is 1. The van der Waals surface area contributed by atoms with Gasteiger partial charge in [-0.1, -0.05) is 37.1 Å². The van der Waals surface area contributed by atoms with Crippen molar-refractivity contribution >= 4 is 23.3 Å². The Bertz CT molecular complexity index is 692. The molecule has 21 heavy (non-hydrogen) atoms. The van der Waals surface area contributed by atoms with Crippen molar-refractivity contribution in [3.05, 3.63) is 57.0 Å².